The SMILES string of the molecule is CCCCN(c1cc(CCl)c(Cl)cn1)C1CC1. The van der Waals surface area contributed by atoms with Gasteiger partial charge in [0.05, 0.1) is 5.02 Å². The molecule has 0 N–H and O–H groups in total. The van der Waals surface area contributed by atoms with Gasteiger partial charge in [-0.2, -0.15) is 0 Å². The highest BCUT2D eigenvalue weighted by molar-refractivity contribution is 6.32. The molecule has 1 aliphatic rings. The molecular formula is C13H18Cl2N2. The summed E-state index contributed by atoms with van der Waals surface area (Å²) >= 11 is 11.9. The van der Waals surface area contributed by atoms with Gasteiger partial charge in [0.2, 0.25) is 0 Å². The topological polar surface area (TPSA) is 16.1 Å². The monoisotopic (exact) mass is 272 g/mol. The van der Waals surface area contributed by atoms with Crippen molar-refractivity contribution in [3.63, 3.8) is 0 Å². The number of unbranched alkanes of at least 4 members (excludes halogenated alkanes) is 1. The molecule has 0 radical (unpaired) electrons. The number of hydrogen-bond acceptors (Lipinski definition) is 2. The first-order chi connectivity index (χ1) is 8.26. The standard InChI is InChI=1S/C13H18Cl2N2/c1-2-3-6-17(11-4-5-11)13-7-10(8-14)12(15)9-16-13/h7,9,11H,2-6,8H2,1H3. The van der Waals surface area contributed by atoms with E-state index in [1.54, 1.807) is 6.20 Å². The van der Waals surface area contributed by atoms with E-state index in [2.05, 4.69) is 16.8 Å². The molecule has 1 fully saturated rings. The van der Waals surface area contributed by atoms with Crippen molar-refractivity contribution in [1.29, 1.82) is 0 Å². The highest BCUT2D eigenvalue weighted by atomic mass is 35.5. The smallest absolute Gasteiger partial charge is 0.129 e. The van der Waals surface area contributed by atoms with Crippen LogP contribution in [0.1, 0.15) is 38.2 Å². The number of aromatic nitrogens is 1. The minimum absolute atomic E-state index is 0.445. The van der Waals surface area contributed by atoms with Crippen LogP contribution >= 0.6 is 23.2 Å². The minimum Gasteiger partial charge on any atom is -0.354 e. The molecule has 1 saturated carbocycles. The highest BCUT2D eigenvalue weighted by Gasteiger charge is 2.29. The molecule has 94 valence electrons. The van der Waals surface area contributed by atoms with Gasteiger partial charge >= 0.3 is 0 Å². The van der Waals surface area contributed by atoms with Crippen LogP contribution in [-0.4, -0.2) is 17.6 Å². The van der Waals surface area contributed by atoms with Crippen molar-refractivity contribution in [2.75, 3.05) is 11.4 Å². The molecule has 0 aromatic carbocycles. The van der Waals surface area contributed by atoms with Crippen LogP contribution in [0.2, 0.25) is 5.02 Å². The van der Waals surface area contributed by atoms with E-state index >= 15 is 0 Å². The van der Waals surface area contributed by atoms with Crippen LogP contribution in [0.25, 0.3) is 0 Å². The number of halogens is 2. The molecule has 0 amide bonds. The average molecular weight is 273 g/mol. The molecule has 1 aromatic heterocycles. The van der Waals surface area contributed by atoms with Gasteiger partial charge in [-0.1, -0.05) is 24.9 Å². The van der Waals surface area contributed by atoms with Crippen LogP contribution < -0.4 is 4.90 Å². The number of hydrogen-bond donors (Lipinski definition) is 0. The summed E-state index contributed by atoms with van der Waals surface area (Å²) in [7, 11) is 0. The maximum Gasteiger partial charge on any atom is 0.129 e. The number of rotatable bonds is 6. The molecule has 2 rings (SSSR count). The summed E-state index contributed by atoms with van der Waals surface area (Å²) in [5.74, 6) is 1.47. The summed E-state index contributed by atoms with van der Waals surface area (Å²) in [4.78, 5) is 6.84. The maximum atomic E-state index is 6.04. The van der Waals surface area contributed by atoms with Gasteiger partial charge in [-0.3, -0.25) is 0 Å². The second kappa shape index (κ2) is 5.92. The van der Waals surface area contributed by atoms with E-state index in [4.69, 9.17) is 23.2 Å². The fourth-order valence-corrected chi connectivity index (χ4v) is 2.39. The quantitative estimate of drug-likeness (QED) is 0.720. The second-order valence-electron chi connectivity index (χ2n) is 4.55. The van der Waals surface area contributed by atoms with E-state index in [0.29, 0.717) is 16.9 Å². The molecule has 0 atom stereocenters. The summed E-state index contributed by atoms with van der Waals surface area (Å²) in [5.41, 5.74) is 0.973. The van der Waals surface area contributed by atoms with E-state index in [-0.39, 0.29) is 0 Å². The Kier molecular flexibility index (Phi) is 4.52. The van der Waals surface area contributed by atoms with Gasteiger partial charge in [-0.25, -0.2) is 4.98 Å². The molecule has 17 heavy (non-hydrogen) atoms. The van der Waals surface area contributed by atoms with E-state index in [1.807, 2.05) is 6.07 Å². The van der Waals surface area contributed by atoms with Gasteiger partial charge in [0.15, 0.2) is 0 Å². The summed E-state index contributed by atoms with van der Waals surface area (Å²) < 4.78 is 0. The molecule has 0 bridgehead atoms. The average Bonchev–Trinajstić information content (AvgIpc) is 3.16. The van der Waals surface area contributed by atoms with Crippen LogP contribution in [0.15, 0.2) is 12.3 Å². The second-order valence-corrected chi connectivity index (χ2v) is 5.22. The van der Waals surface area contributed by atoms with Crippen molar-refractivity contribution in [3.05, 3.63) is 22.8 Å². The molecular weight excluding hydrogens is 255 g/mol. The third kappa shape index (κ3) is 3.26. The molecule has 1 aromatic rings. The Morgan fingerprint density at radius 3 is 2.82 bits per heavy atom. The van der Waals surface area contributed by atoms with E-state index < -0.39 is 0 Å². The summed E-state index contributed by atoms with van der Waals surface area (Å²) in [6.07, 6.45) is 6.70. The zero-order valence-corrected chi connectivity index (χ0v) is 11.6. The Balaban J connectivity index is 2.16. The van der Waals surface area contributed by atoms with Crippen LogP contribution in [0.4, 0.5) is 5.82 Å². The third-order valence-corrected chi connectivity index (χ3v) is 3.73. The molecule has 4 heteroatoms. The normalized spacial score (nSPS) is 15.0. The molecule has 0 aliphatic heterocycles. The Morgan fingerprint density at radius 2 is 2.24 bits per heavy atom. The maximum absolute atomic E-state index is 6.04. The van der Waals surface area contributed by atoms with E-state index in [1.165, 1.54) is 25.7 Å². The minimum atomic E-state index is 0.445. The zero-order valence-electron chi connectivity index (χ0n) is 10.1. The van der Waals surface area contributed by atoms with Gasteiger partial charge in [0.1, 0.15) is 5.82 Å². The van der Waals surface area contributed by atoms with Crippen molar-refractivity contribution in [2.45, 2.75) is 44.5 Å². The summed E-state index contributed by atoms with van der Waals surface area (Å²) in [6, 6.07) is 2.71. The lowest BCUT2D eigenvalue weighted by Gasteiger charge is -2.23. The van der Waals surface area contributed by atoms with Crippen molar-refractivity contribution in [3.8, 4) is 0 Å². The lowest BCUT2D eigenvalue weighted by molar-refractivity contribution is 0.704. The molecule has 0 spiro atoms. The lowest BCUT2D eigenvalue weighted by atomic mass is 10.2. The number of nitrogens with zero attached hydrogens (tertiary/aromatic N) is 2. The van der Waals surface area contributed by atoms with Crippen LogP contribution in [0.3, 0.4) is 0 Å². The fourth-order valence-electron chi connectivity index (χ4n) is 1.93. The first-order valence-corrected chi connectivity index (χ1v) is 7.14. The third-order valence-electron chi connectivity index (χ3n) is 3.10. The molecule has 0 unspecified atom stereocenters. The Morgan fingerprint density at radius 1 is 1.47 bits per heavy atom. The Labute approximate surface area is 113 Å². The predicted octanol–water partition coefficient (Wildman–Crippen LogP) is 4.24. The molecule has 1 aliphatic carbocycles. The van der Waals surface area contributed by atoms with Crippen molar-refractivity contribution in [2.24, 2.45) is 0 Å². The Bertz CT molecular complexity index is 378. The number of alkyl halides is 1. The summed E-state index contributed by atoms with van der Waals surface area (Å²) in [6.45, 7) is 3.29. The first-order valence-electron chi connectivity index (χ1n) is 6.23. The number of pyridine rings is 1. The van der Waals surface area contributed by atoms with E-state index in [9.17, 15) is 0 Å². The zero-order chi connectivity index (χ0) is 12.3. The van der Waals surface area contributed by atoms with Gasteiger partial charge in [0, 0.05) is 24.7 Å². The van der Waals surface area contributed by atoms with Crippen molar-refractivity contribution < 1.29 is 0 Å². The van der Waals surface area contributed by atoms with Crippen LogP contribution in [-0.2, 0) is 5.88 Å². The number of anilines is 1. The molecule has 0 saturated heterocycles. The van der Waals surface area contributed by atoms with Gasteiger partial charge in [-0.05, 0) is 30.9 Å². The van der Waals surface area contributed by atoms with Crippen LogP contribution in [0, 0.1) is 0 Å². The lowest BCUT2D eigenvalue weighted by Crippen LogP contribution is -2.27. The predicted molar refractivity (Wildman–Crippen MR) is 74.1 cm³/mol. The van der Waals surface area contributed by atoms with Gasteiger partial charge in [0.25, 0.3) is 0 Å². The first kappa shape index (κ1) is 13.0. The van der Waals surface area contributed by atoms with Crippen LogP contribution in [0.5, 0.6) is 0 Å². The molecule has 2 nitrogen and oxygen atoms in total. The summed E-state index contributed by atoms with van der Waals surface area (Å²) in [5, 5.41) is 0.662. The largest absolute Gasteiger partial charge is 0.354 e. The Hall–Kier alpha value is -0.470. The van der Waals surface area contributed by atoms with Crippen molar-refractivity contribution >= 4 is 29.0 Å². The fraction of sp³-hybridized carbons (Fsp3) is 0.615. The van der Waals surface area contributed by atoms with Crippen molar-refractivity contribution in [1.82, 2.24) is 4.98 Å². The van der Waals surface area contributed by atoms with Gasteiger partial charge < -0.3 is 4.90 Å². The molecule has 1 heterocycles. The highest BCUT2D eigenvalue weighted by Crippen LogP contribution is 2.32. The van der Waals surface area contributed by atoms with E-state index in [0.717, 1.165) is 17.9 Å². The van der Waals surface area contributed by atoms with Gasteiger partial charge in [-0.15, -0.1) is 11.6 Å².